The molecule has 1 fully saturated rings. The first kappa shape index (κ1) is 23.6. The zero-order valence-corrected chi connectivity index (χ0v) is 19.7. The maximum atomic E-state index is 12.9. The molecule has 31 heavy (non-hydrogen) atoms. The Bertz CT molecular complexity index is 932. The number of rotatable bonds is 8. The number of ether oxygens (including phenoxy) is 2. The molecule has 0 radical (unpaired) electrons. The molecule has 1 aliphatic carbocycles. The predicted octanol–water partition coefficient (Wildman–Crippen LogP) is 5.44. The normalized spacial score (nSPS) is 14.2. The quantitative estimate of drug-likeness (QED) is 0.464. The van der Waals surface area contributed by atoms with E-state index >= 15 is 0 Å². The molecule has 0 aliphatic heterocycles. The second kappa shape index (κ2) is 11.5. The summed E-state index contributed by atoms with van der Waals surface area (Å²) in [5.41, 5.74) is 1.19. The highest BCUT2D eigenvalue weighted by molar-refractivity contribution is 9.10. The number of anilines is 1. The molecule has 0 atom stereocenters. The highest BCUT2D eigenvalue weighted by atomic mass is 79.9. The van der Waals surface area contributed by atoms with Gasteiger partial charge in [-0.2, -0.15) is 0 Å². The summed E-state index contributed by atoms with van der Waals surface area (Å²) in [4.78, 5) is 25.7. The minimum atomic E-state index is -0.352. The van der Waals surface area contributed by atoms with Crippen molar-refractivity contribution in [1.82, 2.24) is 5.32 Å². The number of carbonyl (C=O) groups excluding carboxylic acids is 2. The zero-order valence-electron chi connectivity index (χ0n) is 17.4. The van der Waals surface area contributed by atoms with Crippen LogP contribution in [0.4, 0.5) is 5.69 Å². The van der Waals surface area contributed by atoms with E-state index in [0.29, 0.717) is 40.8 Å². The Morgan fingerprint density at radius 2 is 1.81 bits per heavy atom. The molecule has 0 spiro atoms. The Balaban J connectivity index is 1.74. The minimum Gasteiger partial charge on any atom is -0.490 e. The van der Waals surface area contributed by atoms with E-state index in [1.807, 2.05) is 0 Å². The van der Waals surface area contributed by atoms with E-state index in [4.69, 9.17) is 21.1 Å². The van der Waals surface area contributed by atoms with Gasteiger partial charge in [-0.1, -0.05) is 46.8 Å². The number of methoxy groups -OCH3 is 1. The SMILES string of the molecule is COCCOc1ccc(Br)cc1C(=O)Nc1ccc(Cl)c(C(=O)NC2CCCCC2)c1. The van der Waals surface area contributed by atoms with Gasteiger partial charge in [0.2, 0.25) is 0 Å². The summed E-state index contributed by atoms with van der Waals surface area (Å²) >= 11 is 9.66. The van der Waals surface area contributed by atoms with Crippen LogP contribution in [0, 0.1) is 0 Å². The molecular weight excluding hydrogens is 484 g/mol. The average Bonchev–Trinajstić information content (AvgIpc) is 2.76. The first-order chi connectivity index (χ1) is 15.0. The minimum absolute atomic E-state index is 0.170. The number of amides is 2. The lowest BCUT2D eigenvalue weighted by Gasteiger charge is -2.23. The van der Waals surface area contributed by atoms with E-state index in [9.17, 15) is 9.59 Å². The smallest absolute Gasteiger partial charge is 0.259 e. The van der Waals surface area contributed by atoms with Gasteiger partial charge in [0.1, 0.15) is 12.4 Å². The van der Waals surface area contributed by atoms with Gasteiger partial charge in [-0.3, -0.25) is 9.59 Å². The number of carbonyl (C=O) groups is 2. The fourth-order valence-corrected chi connectivity index (χ4v) is 4.09. The van der Waals surface area contributed by atoms with Gasteiger partial charge in [-0.25, -0.2) is 0 Å². The second-order valence-corrected chi connectivity index (χ2v) is 8.76. The van der Waals surface area contributed by atoms with Crippen LogP contribution >= 0.6 is 27.5 Å². The lowest BCUT2D eigenvalue weighted by Crippen LogP contribution is -2.36. The van der Waals surface area contributed by atoms with Crippen molar-refractivity contribution in [3.05, 3.63) is 57.0 Å². The molecule has 1 saturated carbocycles. The first-order valence-electron chi connectivity index (χ1n) is 10.3. The number of nitrogens with one attached hydrogen (secondary N) is 2. The Hall–Kier alpha value is -2.09. The third-order valence-corrected chi connectivity index (χ3v) is 5.96. The summed E-state index contributed by atoms with van der Waals surface area (Å²) in [5, 5.41) is 6.24. The maximum absolute atomic E-state index is 12.9. The number of halogens is 2. The van der Waals surface area contributed by atoms with Crippen molar-refractivity contribution in [3.8, 4) is 5.75 Å². The van der Waals surface area contributed by atoms with Crippen molar-refractivity contribution >= 4 is 45.0 Å². The molecule has 1 aliphatic rings. The number of benzene rings is 2. The number of hydrogen-bond donors (Lipinski definition) is 2. The largest absolute Gasteiger partial charge is 0.490 e. The molecule has 2 N–H and O–H groups in total. The molecule has 2 amide bonds. The Morgan fingerprint density at radius 1 is 1.03 bits per heavy atom. The van der Waals surface area contributed by atoms with E-state index in [1.165, 1.54) is 6.42 Å². The molecule has 0 aromatic heterocycles. The summed E-state index contributed by atoms with van der Waals surface area (Å²) in [6, 6.07) is 10.3. The summed E-state index contributed by atoms with van der Waals surface area (Å²) in [6.07, 6.45) is 5.41. The van der Waals surface area contributed by atoms with Crippen LogP contribution in [-0.4, -0.2) is 38.2 Å². The van der Waals surface area contributed by atoms with E-state index in [2.05, 4.69) is 26.6 Å². The molecule has 0 heterocycles. The molecule has 166 valence electrons. The van der Waals surface area contributed by atoms with Gasteiger partial charge in [0, 0.05) is 23.3 Å². The van der Waals surface area contributed by atoms with Gasteiger partial charge in [-0.15, -0.1) is 0 Å². The van der Waals surface area contributed by atoms with Crippen LogP contribution in [0.5, 0.6) is 5.75 Å². The van der Waals surface area contributed by atoms with Crippen molar-refractivity contribution in [2.24, 2.45) is 0 Å². The lowest BCUT2D eigenvalue weighted by molar-refractivity contribution is 0.0926. The van der Waals surface area contributed by atoms with Crippen LogP contribution in [0.25, 0.3) is 0 Å². The third-order valence-electron chi connectivity index (χ3n) is 5.14. The van der Waals surface area contributed by atoms with Crippen molar-refractivity contribution < 1.29 is 19.1 Å². The van der Waals surface area contributed by atoms with Gasteiger partial charge < -0.3 is 20.1 Å². The van der Waals surface area contributed by atoms with Crippen molar-refractivity contribution in [2.75, 3.05) is 25.6 Å². The molecule has 2 aromatic rings. The van der Waals surface area contributed by atoms with Crippen molar-refractivity contribution in [2.45, 2.75) is 38.1 Å². The highest BCUT2D eigenvalue weighted by Gasteiger charge is 2.20. The van der Waals surface area contributed by atoms with Crippen molar-refractivity contribution in [3.63, 3.8) is 0 Å². The summed E-state index contributed by atoms with van der Waals surface area (Å²) in [5.74, 6) is -0.129. The van der Waals surface area contributed by atoms with Gasteiger partial charge in [0.15, 0.2) is 0 Å². The van der Waals surface area contributed by atoms with E-state index in [-0.39, 0.29) is 17.9 Å². The average molecular weight is 510 g/mol. The summed E-state index contributed by atoms with van der Waals surface area (Å²) in [6.45, 7) is 0.735. The van der Waals surface area contributed by atoms with Gasteiger partial charge in [0.25, 0.3) is 11.8 Å². The summed E-state index contributed by atoms with van der Waals surface area (Å²) in [7, 11) is 1.58. The molecule has 3 rings (SSSR count). The third kappa shape index (κ3) is 6.69. The molecule has 2 aromatic carbocycles. The van der Waals surface area contributed by atoms with Crippen molar-refractivity contribution in [1.29, 1.82) is 0 Å². The van der Waals surface area contributed by atoms with Crippen LogP contribution in [0.2, 0.25) is 5.02 Å². The van der Waals surface area contributed by atoms with E-state index in [0.717, 1.165) is 30.2 Å². The van der Waals surface area contributed by atoms with Crippen LogP contribution in [0.3, 0.4) is 0 Å². The molecule has 0 bridgehead atoms. The molecule has 6 nitrogen and oxygen atoms in total. The Kier molecular flexibility index (Phi) is 8.75. The number of hydrogen-bond acceptors (Lipinski definition) is 4. The fourth-order valence-electron chi connectivity index (χ4n) is 3.53. The molecule has 8 heteroatoms. The maximum Gasteiger partial charge on any atom is 0.259 e. The fraction of sp³-hybridized carbons (Fsp3) is 0.391. The topological polar surface area (TPSA) is 76.7 Å². The summed E-state index contributed by atoms with van der Waals surface area (Å²) < 4.78 is 11.4. The van der Waals surface area contributed by atoms with Crippen LogP contribution in [-0.2, 0) is 4.74 Å². The first-order valence-corrected chi connectivity index (χ1v) is 11.5. The standard InChI is InChI=1S/C23H26BrClN2O4/c1-30-11-12-31-21-10-7-15(24)13-19(21)23(29)27-17-8-9-20(25)18(14-17)22(28)26-16-5-3-2-4-6-16/h7-10,13-14,16H,2-6,11-12H2,1H3,(H,26,28)(H,27,29). The monoisotopic (exact) mass is 508 g/mol. The van der Waals surface area contributed by atoms with Crippen LogP contribution in [0.1, 0.15) is 52.8 Å². The van der Waals surface area contributed by atoms with Gasteiger partial charge in [-0.05, 0) is 49.2 Å². The molecular formula is C23H26BrClN2O4. The predicted molar refractivity (Wildman–Crippen MR) is 125 cm³/mol. The zero-order chi connectivity index (χ0) is 22.2. The van der Waals surface area contributed by atoms with Gasteiger partial charge in [0.05, 0.1) is 22.8 Å². The highest BCUT2D eigenvalue weighted by Crippen LogP contribution is 2.26. The Labute approximate surface area is 195 Å². The second-order valence-electron chi connectivity index (χ2n) is 7.44. The molecule has 0 saturated heterocycles. The van der Waals surface area contributed by atoms with Crippen LogP contribution in [0.15, 0.2) is 40.9 Å². The Morgan fingerprint density at radius 3 is 2.55 bits per heavy atom. The molecule has 0 unspecified atom stereocenters. The van der Waals surface area contributed by atoms with E-state index < -0.39 is 0 Å². The van der Waals surface area contributed by atoms with E-state index in [1.54, 1.807) is 43.5 Å². The lowest BCUT2D eigenvalue weighted by atomic mass is 9.95. The van der Waals surface area contributed by atoms with Crippen LogP contribution < -0.4 is 15.4 Å². The van der Waals surface area contributed by atoms with Gasteiger partial charge >= 0.3 is 0 Å².